The lowest BCUT2D eigenvalue weighted by Crippen LogP contribution is -2.29. The Morgan fingerprint density at radius 2 is 2.15 bits per heavy atom. The average Bonchev–Trinajstić information content (AvgIpc) is 2.75. The van der Waals surface area contributed by atoms with Gasteiger partial charge in [-0.1, -0.05) is 5.57 Å². The molecule has 0 aromatic carbocycles. The van der Waals surface area contributed by atoms with Crippen molar-refractivity contribution in [1.82, 2.24) is 14.9 Å². The maximum atomic E-state index is 11.9. The van der Waals surface area contributed by atoms with Crippen molar-refractivity contribution >= 4 is 5.91 Å². The van der Waals surface area contributed by atoms with Crippen LogP contribution in [-0.2, 0) is 4.79 Å². The van der Waals surface area contributed by atoms with Gasteiger partial charge in [0.05, 0.1) is 6.54 Å². The number of hydrogen-bond acceptors (Lipinski definition) is 4. The largest absolute Gasteiger partial charge is 0.472 e. The third kappa shape index (κ3) is 3.79. The molecular formula is C15H21N3O2. The third-order valence-corrected chi connectivity index (χ3v) is 3.10. The van der Waals surface area contributed by atoms with Gasteiger partial charge in [-0.2, -0.15) is 4.98 Å². The molecule has 20 heavy (non-hydrogen) atoms. The van der Waals surface area contributed by atoms with E-state index in [2.05, 4.69) is 9.97 Å². The molecule has 1 amide bonds. The van der Waals surface area contributed by atoms with Crippen LogP contribution in [0.2, 0.25) is 0 Å². The van der Waals surface area contributed by atoms with Gasteiger partial charge in [0, 0.05) is 30.8 Å². The number of carbonyl (C=O) groups is 1. The number of rotatable bonds is 3. The van der Waals surface area contributed by atoms with Gasteiger partial charge >= 0.3 is 0 Å². The Hall–Kier alpha value is -1.91. The normalized spacial score (nSPS) is 18.0. The number of nitrogens with zero attached hydrogens (tertiary/aromatic N) is 3. The van der Waals surface area contributed by atoms with Crippen molar-refractivity contribution in [2.24, 2.45) is 0 Å². The molecule has 5 nitrogen and oxygen atoms in total. The Bertz CT molecular complexity index is 516. The average molecular weight is 275 g/mol. The van der Waals surface area contributed by atoms with Crippen molar-refractivity contribution in [1.29, 1.82) is 0 Å². The van der Waals surface area contributed by atoms with Crippen LogP contribution in [0.3, 0.4) is 0 Å². The quantitative estimate of drug-likeness (QED) is 0.792. The van der Waals surface area contributed by atoms with Gasteiger partial charge in [-0.3, -0.25) is 4.79 Å². The number of allylic oxidation sites excluding steroid dienone is 1. The van der Waals surface area contributed by atoms with Crippen LogP contribution < -0.4 is 4.74 Å². The van der Waals surface area contributed by atoms with Gasteiger partial charge in [-0.05, 0) is 27.7 Å². The highest BCUT2D eigenvalue weighted by atomic mass is 16.5. The van der Waals surface area contributed by atoms with E-state index in [-0.39, 0.29) is 12.0 Å². The summed E-state index contributed by atoms with van der Waals surface area (Å²) in [5.41, 5.74) is 1.91. The van der Waals surface area contributed by atoms with E-state index in [1.54, 1.807) is 6.08 Å². The van der Waals surface area contributed by atoms with Gasteiger partial charge in [-0.25, -0.2) is 4.98 Å². The predicted octanol–water partition coefficient (Wildman–Crippen LogP) is 2.04. The minimum atomic E-state index is 0.0122. The highest BCUT2D eigenvalue weighted by Gasteiger charge is 2.27. The molecule has 0 aliphatic carbocycles. The number of hydrogen-bond donors (Lipinski definition) is 0. The summed E-state index contributed by atoms with van der Waals surface area (Å²) in [7, 11) is 0. The summed E-state index contributed by atoms with van der Waals surface area (Å²) in [6.07, 6.45) is 2.52. The van der Waals surface area contributed by atoms with Crippen LogP contribution >= 0.6 is 0 Å². The van der Waals surface area contributed by atoms with Gasteiger partial charge in [0.15, 0.2) is 0 Å². The zero-order valence-corrected chi connectivity index (χ0v) is 12.5. The van der Waals surface area contributed by atoms with Gasteiger partial charge < -0.3 is 9.64 Å². The number of carbonyl (C=O) groups excluding carboxylic acids is 1. The highest BCUT2D eigenvalue weighted by molar-refractivity contribution is 5.88. The molecule has 1 atom stereocenters. The Morgan fingerprint density at radius 1 is 1.40 bits per heavy atom. The van der Waals surface area contributed by atoms with Gasteiger partial charge in [0.2, 0.25) is 11.8 Å². The maximum absolute atomic E-state index is 11.9. The lowest BCUT2D eigenvalue weighted by Gasteiger charge is -2.15. The monoisotopic (exact) mass is 275 g/mol. The van der Waals surface area contributed by atoms with Gasteiger partial charge in [0.25, 0.3) is 0 Å². The van der Waals surface area contributed by atoms with Crippen molar-refractivity contribution in [3.05, 3.63) is 29.2 Å². The second kappa shape index (κ2) is 6.03. The smallest absolute Gasteiger partial charge is 0.246 e. The van der Waals surface area contributed by atoms with E-state index in [1.807, 2.05) is 38.7 Å². The van der Waals surface area contributed by atoms with Crippen LogP contribution in [0.5, 0.6) is 5.88 Å². The van der Waals surface area contributed by atoms with Crippen LogP contribution in [-0.4, -0.2) is 40.0 Å². The highest BCUT2D eigenvalue weighted by Crippen LogP contribution is 2.18. The SMILES string of the molecule is CC(C)=CC(=O)N1CCC(Oc2cc(C)nc(C)n2)C1. The molecule has 2 heterocycles. The van der Waals surface area contributed by atoms with E-state index in [1.165, 1.54) is 0 Å². The van der Waals surface area contributed by atoms with Gasteiger partial charge in [-0.15, -0.1) is 0 Å². The summed E-state index contributed by atoms with van der Waals surface area (Å²) >= 11 is 0. The van der Waals surface area contributed by atoms with Crippen molar-refractivity contribution in [2.45, 2.75) is 40.2 Å². The molecule has 0 bridgehead atoms. The number of aromatic nitrogens is 2. The molecule has 5 heteroatoms. The first-order chi connectivity index (χ1) is 9.44. The molecule has 2 rings (SSSR count). The number of aryl methyl sites for hydroxylation is 2. The molecule has 0 spiro atoms. The van der Waals surface area contributed by atoms with Crippen molar-refractivity contribution in [2.75, 3.05) is 13.1 Å². The van der Waals surface area contributed by atoms with Crippen molar-refractivity contribution < 1.29 is 9.53 Å². The first kappa shape index (κ1) is 14.5. The lowest BCUT2D eigenvalue weighted by atomic mass is 10.3. The summed E-state index contributed by atoms with van der Waals surface area (Å²) in [5.74, 6) is 1.36. The fourth-order valence-electron chi connectivity index (χ4n) is 2.28. The van der Waals surface area contributed by atoms with Crippen LogP contribution in [0.25, 0.3) is 0 Å². The summed E-state index contributed by atoms with van der Waals surface area (Å²) < 4.78 is 5.86. The summed E-state index contributed by atoms with van der Waals surface area (Å²) in [5, 5.41) is 0. The van der Waals surface area contributed by atoms with Crippen molar-refractivity contribution in [3.8, 4) is 5.88 Å². The van der Waals surface area contributed by atoms with E-state index in [0.717, 1.165) is 24.2 Å². The Labute approximate surface area is 119 Å². The summed E-state index contributed by atoms with van der Waals surface area (Å²) in [4.78, 5) is 22.2. The molecule has 1 unspecified atom stereocenters. The van der Waals surface area contributed by atoms with Crippen molar-refractivity contribution in [3.63, 3.8) is 0 Å². The second-order valence-corrected chi connectivity index (χ2v) is 5.43. The van der Waals surface area contributed by atoms with Crippen LogP contribution in [0.1, 0.15) is 31.8 Å². The standard InChI is InChI=1S/C15H21N3O2/c1-10(2)7-15(19)18-6-5-13(9-18)20-14-8-11(3)16-12(4)17-14/h7-8,13H,5-6,9H2,1-4H3. The fourth-order valence-corrected chi connectivity index (χ4v) is 2.28. The minimum absolute atomic E-state index is 0.0122. The van der Waals surface area contributed by atoms with Crippen LogP contribution in [0.4, 0.5) is 0 Å². The molecular weight excluding hydrogens is 254 g/mol. The van der Waals surface area contributed by atoms with Crippen LogP contribution in [0.15, 0.2) is 17.7 Å². The Kier molecular flexibility index (Phi) is 4.37. The first-order valence-electron chi connectivity index (χ1n) is 6.87. The molecule has 1 aromatic rings. The molecule has 1 saturated heterocycles. The molecule has 1 aliphatic rings. The van der Waals surface area contributed by atoms with Crippen LogP contribution in [0, 0.1) is 13.8 Å². The molecule has 1 aromatic heterocycles. The molecule has 1 aliphatic heterocycles. The third-order valence-electron chi connectivity index (χ3n) is 3.10. The fraction of sp³-hybridized carbons (Fsp3) is 0.533. The molecule has 1 fully saturated rings. The van der Waals surface area contributed by atoms with Gasteiger partial charge in [0.1, 0.15) is 11.9 Å². The van der Waals surface area contributed by atoms with E-state index in [0.29, 0.717) is 18.2 Å². The number of amides is 1. The second-order valence-electron chi connectivity index (χ2n) is 5.43. The van der Waals surface area contributed by atoms with E-state index >= 15 is 0 Å². The number of ether oxygens (including phenoxy) is 1. The summed E-state index contributed by atoms with van der Waals surface area (Å²) in [6, 6.07) is 1.83. The molecule has 0 radical (unpaired) electrons. The summed E-state index contributed by atoms with van der Waals surface area (Å²) in [6.45, 7) is 8.96. The molecule has 0 saturated carbocycles. The Morgan fingerprint density at radius 3 is 2.80 bits per heavy atom. The topological polar surface area (TPSA) is 55.3 Å². The van der Waals surface area contributed by atoms with E-state index in [9.17, 15) is 4.79 Å². The maximum Gasteiger partial charge on any atom is 0.246 e. The lowest BCUT2D eigenvalue weighted by molar-refractivity contribution is -0.125. The Balaban J connectivity index is 1.96. The number of likely N-dealkylation sites (tertiary alicyclic amines) is 1. The predicted molar refractivity (Wildman–Crippen MR) is 76.6 cm³/mol. The van der Waals surface area contributed by atoms with E-state index in [4.69, 9.17) is 4.74 Å². The van der Waals surface area contributed by atoms with E-state index < -0.39 is 0 Å². The molecule has 108 valence electrons. The zero-order chi connectivity index (χ0) is 14.7. The minimum Gasteiger partial charge on any atom is -0.472 e. The molecule has 0 N–H and O–H groups in total. The first-order valence-corrected chi connectivity index (χ1v) is 6.87. The zero-order valence-electron chi connectivity index (χ0n) is 12.5.